The fraction of sp³-hybridized carbons (Fsp3) is 0.515. The molecule has 0 nitrogen and oxygen atoms in total. The first kappa shape index (κ1) is 111. The third-order valence-corrected chi connectivity index (χ3v) is 16.7. The lowest BCUT2D eigenvalue weighted by molar-refractivity contribution is -0.485. The Labute approximate surface area is 639 Å². The van der Waals surface area contributed by atoms with Gasteiger partial charge in [-0.15, -0.1) is 0 Å². The van der Waals surface area contributed by atoms with Gasteiger partial charge in [0.05, 0.1) is 11.1 Å². The van der Waals surface area contributed by atoms with E-state index in [0.29, 0.717) is 12.5 Å². The molecule has 0 unspecified atom stereocenters. The van der Waals surface area contributed by atoms with Gasteiger partial charge in [-0.1, -0.05) is 73.8 Å². The van der Waals surface area contributed by atoms with Crippen molar-refractivity contribution in [2.45, 2.75) is 207 Å². The van der Waals surface area contributed by atoms with Crippen molar-refractivity contribution in [3.63, 3.8) is 0 Å². The van der Waals surface area contributed by atoms with Gasteiger partial charge >= 0.3 is 83.2 Å². The molecule has 0 radical (unpaired) electrons. The molecule has 0 N–H and O–H groups in total. The number of allylic oxidation sites excluding steroid dienone is 2. The highest BCUT2D eigenvalue weighted by Gasteiger charge is 3.02. The van der Waals surface area contributed by atoms with E-state index >= 15 is 0 Å². The second-order valence-electron chi connectivity index (χ2n) is 24.7. The molecule has 0 saturated heterocycles. The molecule has 5 aromatic rings. The maximum absolute atomic E-state index is 13.9. The number of unbranched alkanes of at least 4 members (excludes halogenated alkanes) is 1. The van der Waals surface area contributed by atoms with Crippen LogP contribution in [0.25, 0.3) is 11.1 Å². The van der Waals surface area contributed by atoms with Gasteiger partial charge in [0.1, 0.15) is 6.67 Å². The Bertz CT molecular complexity index is 4310. The zero-order valence-electron chi connectivity index (χ0n) is 59.9. The smallest absolute Gasteiger partial charge is 0.247 e. The molecule has 5 aromatic carbocycles. The summed E-state index contributed by atoms with van der Waals surface area (Å²) in [6, 6.07) is 0. The van der Waals surface area contributed by atoms with Crippen LogP contribution in [-0.4, -0.2) is 101 Å². The maximum Gasteiger partial charge on any atom is 0.460 e. The number of hydrogen-bond donors (Lipinski definition) is 0. The van der Waals surface area contributed by atoms with Crippen molar-refractivity contribution in [3.8, 4) is 11.1 Å². The SMILES string of the molecule is CC(C)c1c(F)c(F)c(F)c(F)c1F.CC/C=C/C(F)(F)C(F)(F)C(F)(F)C(F)(F)F.CCCCC1(F)C(F)(F)C(F)(F)C(F)(F)C(F)(F)C1(F)F.CCCc1c(F)c(F)c(F)c(F)c1F.CCc1c(F)c(F)c(-c2c(F)c(F)c(F)c(F)c2F)c(F)c1F.CCc1c(F)c(F)c(C)c(F)c1F.FCC1(F)C(F)(F)C(F)(F)C(F)(F)C(F)(F)C1(F)F. The van der Waals surface area contributed by atoms with Crippen LogP contribution in [0.4, 0.5) is 241 Å². The topological polar surface area (TPSA) is 0 Å². The normalized spacial score (nSPS) is 18.5. The Morgan fingerprint density at radius 3 is 0.777 bits per heavy atom. The Morgan fingerprint density at radius 2 is 0.529 bits per heavy atom. The quantitative estimate of drug-likeness (QED) is 0.0450. The molecule has 7 rings (SSSR count). The Kier molecular flexibility index (Phi) is 34.3. The third-order valence-electron chi connectivity index (χ3n) is 16.7. The van der Waals surface area contributed by atoms with E-state index in [1.807, 2.05) is 0 Å². The first-order chi connectivity index (χ1) is 54.0. The summed E-state index contributed by atoms with van der Waals surface area (Å²) in [5.41, 5.74) is -20.1. The number of halogens is 55. The summed E-state index contributed by atoms with van der Waals surface area (Å²) in [6.07, 6.45) is -11.0. The second-order valence-corrected chi connectivity index (χ2v) is 24.7. The lowest BCUT2D eigenvalue weighted by atomic mass is 9.70. The number of rotatable bonds is 14. The summed E-state index contributed by atoms with van der Waals surface area (Å²) in [6.45, 7) is 6.48. The molecule has 0 amide bonds. The van der Waals surface area contributed by atoms with Crippen molar-refractivity contribution >= 4 is 0 Å². The van der Waals surface area contributed by atoms with Crippen LogP contribution in [0.5, 0.6) is 0 Å². The van der Waals surface area contributed by atoms with Crippen molar-refractivity contribution in [2.75, 3.05) is 6.67 Å². The minimum absolute atomic E-state index is 0.0776. The van der Waals surface area contributed by atoms with Crippen molar-refractivity contribution in [3.05, 3.63) is 174 Å². The zero-order chi connectivity index (χ0) is 96.7. The van der Waals surface area contributed by atoms with Crippen molar-refractivity contribution in [1.82, 2.24) is 0 Å². The molecule has 2 aliphatic carbocycles. The Balaban J connectivity index is 0.000000712. The van der Waals surface area contributed by atoms with Crippen LogP contribution >= 0.6 is 0 Å². The molecule has 0 bridgehead atoms. The standard InChI is InChI=1S/C14H5F9.C10H9F11.2C9H7F5.C9H8F4.C8H7F9.C7H2F12/c1-2-3-6(15)8(17)4(9(18)7(3)16)5-10(19)12(21)14(23)13(22)11(5)20;1-2-3-4-5(11)6(12,13)8(16,17)10(20,21)9(18,19)7(5,14)15;1-3(2)4-5(10)7(12)9(14)8(13)6(4)11;1-2-3-4-5(10)7(12)9(14)8(13)6(4)11;1-3-5-8(12)6(10)4(2)7(11)9(5)13;1-2-3-4-5(9,10)6(11,12)7(13,14)8(15,16)17;8-1-2(9)3(10,11)5(14,15)7(18,19)6(16,17)4(2,12)13/h2H2,1H3;2-4H2,1H3;3H,1-2H3;2-3H2,1H3;3H2,1-2H3;3-4H,2H2,1H3;1H2/b;;;;;4-3+;. The second kappa shape index (κ2) is 37.4. The Morgan fingerprint density at radius 1 is 0.289 bits per heavy atom. The fourth-order valence-corrected chi connectivity index (χ4v) is 9.61. The lowest BCUT2D eigenvalue weighted by Crippen LogP contribution is -2.84. The Hall–Kier alpha value is -8.01. The highest BCUT2D eigenvalue weighted by Crippen LogP contribution is 2.72. The van der Waals surface area contributed by atoms with Crippen molar-refractivity contribution < 1.29 is 241 Å². The maximum atomic E-state index is 13.9. The van der Waals surface area contributed by atoms with E-state index in [1.165, 1.54) is 27.7 Å². The molecule has 0 heterocycles. The average molecular weight is 1880 g/mol. The highest BCUT2D eigenvalue weighted by atomic mass is 19.4. The molecule has 0 spiro atoms. The van der Waals surface area contributed by atoms with E-state index in [-0.39, 0.29) is 25.7 Å². The van der Waals surface area contributed by atoms with Crippen LogP contribution in [0.3, 0.4) is 0 Å². The lowest BCUT2D eigenvalue weighted by Gasteiger charge is -2.52. The molecule has 121 heavy (non-hydrogen) atoms. The monoisotopic (exact) mass is 1880 g/mol. The molecule has 0 aliphatic heterocycles. The third kappa shape index (κ3) is 17.9. The van der Waals surface area contributed by atoms with E-state index < -0.39 is 305 Å². The predicted octanol–water partition coefficient (Wildman–Crippen LogP) is 28.5. The minimum atomic E-state index is -7.28. The summed E-state index contributed by atoms with van der Waals surface area (Å²) >= 11 is 0. The summed E-state index contributed by atoms with van der Waals surface area (Å²) in [4.78, 5) is 0. The fourth-order valence-electron chi connectivity index (χ4n) is 9.61. The molecule has 0 aromatic heterocycles. The average Bonchev–Trinajstić information content (AvgIpc) is 0.668. The van der Waals surface area contributed by atoms with Crippen LogP contribution in [0.1, 0.15) is 114 Å². The zero-order valence-corrected chi connectivity index (χ0v) is 59.9. The van der Waals surface area contributed by atoms with Gasteiger partial charge in [0, 0.05) is 27.8 Å². The first-order valence-corrected chi connectivity index (χ1v) is 31.7. The molecule has 694 valence electrons. The molecule has 2 saturated carbocycles. The van der Waals surface area contributed by atoms with Gasteiger partial charge in [-0.05, 0) is 51.0 Å². The van der Waals surface area contributed by atoms with Crippen molar-refractivity contribution in [1.29, 1.82) is 0 Å². The van der Waals surface area contributed by atoms with E-state index in [1.54, 1.807) is 6.92 Å². The number of benzene rings is 5. The minimum Gasteiger partial charge on any atom is -0.247 e. The van der Waals surface area contributed by atoms with Crippen LogP contribution in [0.15, 0.2) is 12.2 Å². The van der Waals surface area contributed by atoms with E-state index in [0.717, 1.165) is 20.8 Å². The van der Waals surface area contributed by atoms with Crippen LogP contribution < -0.4 is 0 Å². The molecular weight excluding hydrogens is 1840 g/mol. The van der Waals surface area contributed by atoms with E-state index in [4.69, 9.17) is 0 Å². The van der Waals surface area contributed by atoms with Gasteiger partial charge in [0.15, 0.2) is 116 Å². The van der Waals surface area contributed by atoms with E-state index in [2.05, 4.69) is 0 Å². The van der Waals surface area contributed by atoms with Gasteiger partial charge in [-0.25, -0.2) is 114 Å². The predicted molar refractivity (Wildman–Crippen MR) is 305 cm³/mol. The highest BCUT2D eigenvalue weighted by molar-refractivity contribution is 5.68. The molecule has 0 atom stereocenters. The van der Waals surface area contributed by atoms with Crippen LogP contribution in [0, 0.1) is 141 Å². The van der Waals surface area contributed by atoms with Crippen LogP contribution in [0.2, 0.25) is 0 Å². The molecule has 2 fully saturated rings. The summed E-state index contributed by atoms with van der Waals surface area (Å²) in [5, 5.41) is 0. The molecule has 2 aliphatic rings. The van der Waals surface area contributed by atoms with Gasteiger partial charge in [0.2, 0.25) is 23.1 Å². The van der Waals surface area contributed by atoms with Crippen molar-refractivity contribution in [2.24, 2.45) is 0 Å². The van der Waals surface area contributed by atoms with Gasteiger partial charge < -0.3 is 0 Å². The van der Waals surface area contributed by atoms with Gasteiger partial charge in [-0.2, -0.15) is 127 Å². The van der Waals surface area contributed by atoms with Gasteiger partial charge in [0.25, 0.3) is 5.67 Å². The first-order valence-electron chi connectivity index (χ1n) is 31.7. The largest absolute Gasteiger partial charge is 0.460 e. The van der Waals surface area contributed by atoms with E-state index in [9.17, 15) is 241 Å². The summed E-state index contributed by atoms with van der Waals surface area (Å²) < 4.78 is 705. The summed E-state index contributed by atoms with van der Waals surface area (Å²) in [5.74, 6) is -135. The number of hydrogen-bond acceptors (Lipinski definition) is 0. The summed E-state index contributed by atoms with van der Waals surface area (Å²) in [7, 11) is 0. The number of alkyl halides is 32. The molecular formula is C66H45F55. The van der Waals surface area contributed by atoms with Crippen LogP contribution in [-0.2, 0) is 19.3 Å². The van der Waals surface area contributed by atoms with Gasteiger partial charge in [-0.3, -0.25) is 0 Å². The molecule has 55 heteroatoms.